The Hall–Kier alpha value is 0.0200. The molecule has 0 heterocycles. The standard InChI is InChI=1S/C8H18NO6PS/c1-7(2)13-6-5-8(3,4)14-16(11,12)15-17-9-10/h7H,5-6H2,1-4H3,(H,11,12). The lowest BCUT2D eigenvalue weighted by molar-refractivity contribution is 0.0111. The van der Waals surface area contributed by atoms with E-state index >= 15 is 0 Å². The molecule has 0 saturated carbocycles. The topological polar surface area (TPSA) is 94.4 Å². The van der Waals surface area contributed by atoms with Crippen LogP contribution in [0.2, 0.25) is 0 Å². The predicted octanol–water partition coefficient (Wildman–Crippen LogP) is 3.04. The number of hydrogen-bond donors (Lipinski definition) is 1. The molecule has 1 atom stereocenters. The molecule has 0 aliphatic rings. The highest BCUT2D eigenvalue weighted by Gasteiger charge is 2.32. The van der Waals surface area contributed by atoms with Gasteiger partial charge in [0.1, 0.15) is 0 Å². The largest absolute Gasteiger partial charge is 0.485 e. The molecule has 0 aliphatic carbocycles. The second-order valence-corrected chi connectivity index (χ2v) is 6.23. The van der Waals surface area contributed by atoms with E-state index in [1.54, 1.807) is 13.8 Å². The first-order chi connectivity index (χ1) is 7.68. The number of ether oxygens (including phenoxy) is 1. The number of phosphoric acid groups is 1. The normalized spacial score (nSPS) is 15.9. The summed E-state index contributed by atoms with van der Waals surface area (Å²) in [7, 11) is -4.28. The minimum absolute atomic E-state index is 0.0154. The molecule has 7 nitrogen and oxygen atoms in total. The summed E-state index contributed by atoms with van der Waals surface area (Å²) in [6.45, 7) is 7.42. The fraction of sp³-hybridized carbons (Fsp3) is 1.00. The summed E-state index contributed by atoms with van der Waals surface area (Å²) in [6, 6.07) is 0. The summed E-state index contributed by atoms with van der Waals surface area (Å²) in [5, 5.41) is 0. The fourth-order valence-corrected chi connectivity index (χ4v) is 2.25. The highest BCUT2D eigenvalue weighted by atomic mass is 32.2. The van der Waals surface area contributed by atoms with E-state index in [0.717, 1.165) is 0 Å². The minimum atomic E-state index is -4.28. The number of hydrogen-bond acceptors (Lipinski definition) is 7. The average molecular weight is 287 g/mol. The first-order valence-corrected chi connectivity index (χ1v) is 7.21. The molecule has 0 amide bonds. The van der Waals surface area contributed by atoms with Crippen molar-refractivity contribution in [2.24, 2.45) is 4.58 Å². The Labute approximate surface area is 105 Å². The molecule has 1 unspecified atom stereocenters. The second kappa shape index (κ2) is 7.45. The van der Waals surface area contributed by atoms with Crippen LogP contribution in [0.5, 0.6) is 0 Å². The molecule has 0 aromatic heterocycles. The van der Waals surface area contributed by atoms with Crippen LogP contribution in [0, 0.1) is 4.91 Å². The van der Waals surface area contributed by atoms with Gasteiger partial charge in [0.2, 0.25) is 0 Å². The summed E-state index contributed by atoms with van der Waals surface area (Å²) in [6.07, 6.45) is 0.496. The van der Waals surface area contributed by atoms with Crippen molar-refractivity contribution in [3.63, 3.8) is 0 Å². The maximum atomic E-state index is 11.3. The molecule has 0 aliphatic heterocycles. The van der Waals surface area contributed by atoms with E-state index in [9.17, 15) is 14.4 Å². The molecule has 0 fully saturated rings. The van der Waals surface area contributed by atoms with Crippen molar-refractivity contribution in [2.75, 3.05) is 6.61 Å². The molecule has 0 aromatic carbocycles. The molecule has 9 heteroatoms. The van der Waals surface area contributed by atoms with Crippen molar-refractivity contribution in [3.05, 3.63) is 4.91 Å². The van der Waals surface area contributed by atoms with Crippen molar-refractivity contribution in [1.29, 1.82) is 0 Å². The monoisotopic (exact) mass is 287 g/mol. The van der Waals surface area contributed by atoms with Crippen LogP contribution in [0.1, 0.15) is 34.1 Å². The van der Waals surface area contributed by atoms with E-state index in [1.165, 1.54) is 0 Å². The van der Waals surface area contributed by atoms with Gasteiger partial charge in [0, 0.05) is 11.2 Å². The number of phosphoric ester groups is 1. The average Bonchev–Trinajstić information content (AvgIpc) is 2.12. The van der Waals surface area contributed by atoms with Crippen molar-refractivity contribution >= 4 is 20.1 Å². The summed E-state index contributed by atoms with van der Waals surface area (Å²) < 4.78 is 28.0. The van der Waals surface area contributed by atoms with E-state index in [0.29, 0.717) is 13.0 Å². The molecular weight excluding hydrogens is 269 g/mol. The number of rotatable bonds is 9. The molecule has 0 aromatic rings. The van der Waals surface area contributed by atoms with E-state index < -0.39 is 13.4 Å². The first-order valence-electron chi connectivity index (χ1n) is 5.02. The van der Waals surface area contributed by atoms with Gasteiger partial charge in [-0.1, -0.05) is 0 Å². The van der Waals surface area contributed by atoms with Crippen molar-refractivity contribution in [3.8, 4) is 0 Å². The Kier molecular flexibility index (Phi) is 7.46. The Morgan fingerprint density at radius 1 is 1.47 bits per heavy atom. The van der Waals surface area contributed by atoms with E-state index in [4.69, 9.17) is 9.26 Å². The number of nitrogens with zero attached hydrogens (tertiary/aromatic N) is 1. The van der Waals surface area contributed by atoms with Crippen LogP contribution in [0.4, 0.5) is 0 Å². The SMILES string of the molecule is CC(C)OCCC(C)(C)OP(=O)(O)OSN=O. The van der Waals surface area contributed by atoms with Gasteiger partial charge in [-0.2, -0.15) is 3.97 Å². The highest BCUT2D eigenvalue weighted by Crippen LogP contribution is 2.51. The Balaban J connectivity index is 4.13. The van der Waals surface area contributed by atoms with E-state index in [2.05, 4.69) is 8.55 Å². The molecule has 0 radical (unpaired) electrons. The molecule has 0 spiro atoms. The number of nitroso groups, excluding NO2 is 1. The lowest BCUT2D eigenvalue weighted by atomic mass is 10.1. The third kappa shape index (κ3) is 9.70. The zero-order chi connectivity index (χ0) is 13.5. The van der Waals surface area contributed by atoms with Crippen molar-refractivity contribution in [2.45, 2.75) is 45.8 Å². The summed E-state index contributed by atoms with van der Waals surface area (Å²) in [4.78, 5) is 19.0. The molecule has 0 rings (SSSR count). The Morgan fingerprint density at radius 2 is 2.06 bits per heavy atom. The van der Waals surface area contributed by atoms with Gasteiger partial charge in [-0.15, -0.1) is 4.91 Å². The van der Waals surface area contributed by atoms with Crippen LogP contribution >= 0.6 is 20.1 Å². The van der Waals surface area contributed by atoms with Gasteiger partial charge < -0.3 is 9.63 Å². The van der Waals surface area contributed by atoms with Crippen LogP contribution in [-0.4, -0.2) is 23.2 Å². The first kappa shape index (κ1) is 17.0. The summed E-state index contributed by atoms with van der Waals surface area (Å²) in [5.41, 5.74) is -0.900. The van der Waals surface area contributed by atoms with E-state index in [1.807, 2.05) is 13.8 Å². The third-order valence-corrected chi connectivity index (χ3v) is 3.48. The Morgan fingerprint density at radius 3 is 2.53 bits per heavy atom. The molecule has 1 N–H and O–H groups in total. The minimum Gasteiger partial charge on any atom is -0.379 e. The molecule has 0 saturated heterocycles. The van der Waals surface area contributed by atoms with Gasteiger partial charge in [-0.3, -0.25) is 4.52 Å². The van der Waals surface area contributed by atoms with Gasteiger partial charge in [-0.05, 0) is 34.1 Å². The summed E-state index contributed by atoms with van der Waals surface area (Å²) in [5.74, 6) is 0. The lowest BCUT2D eigenvalue weighted by Gasteiger charge is -2.26. The van der Waals surface area contributed by atoms with Crippen LogP contribution in [0.15, 0.2) is 4.58 Å². The van der Waals surface area contributed by atoms with Crippen molar-refractivity contribution in [1.82, 2.24) is 0 Å². The second-order valence-electron chi connectivity index (χ2n) is 4.21. The third-order valence-electron chi connectivity index (χ3n) is 1.68. The highest BCUT2D eigenvalue weighted by molar-refractivity contribution is 7.96. The quantitative estimate of drug-likeness (QED) is 0.301. The van der Waals surface area contributed by atoms with Crippen LogP contribution in [0.25, 0.3) is 0 Å². The maximum absolute atomic E-state index is 11.3. The van der Waals surface area contributed by atoms with Gasteiger partial charge in [-0.25, -0.2) is 4.57 Å². The lowest BCUT2D eigenvalue weighted by Crippen LogP contribution is -2.26. The van der Waals surface area contributed by atoms with Gasteiger partial charge in [0.05, 0.1) is 11.7 Å². The molecule has 17 heavy (non-hydrogen) atoms. The molecule has 0 bridgehead atoms. The smallest absolute Gasteiger partial charge is 0.379 e. The molecular formula is C8H18NO6PS. The van der Waals surface area contributed by atoms with Crippen LogP contribution in [0.3, 0.4) is 0 Å². The zero-order valence-electron chi connectivity index (χ0n) is 10.3. The van der Waals surface area contributed by atoms with E-state index in [-0.39, 0.29) is 18.3 Å². The van der Waals surface area contributed by atoms with Crippen LogP contribution < -0.4 is 0 Å². The maximum Gasteiger partial charge on any atom is 0.485 e. The molecule has 102 valence electrons. The predicted molar refractivity (Wildman–Crippen MR) is 65.2 cm³/mol. The van der Waals surface area contributed by atoms with Crippen molar-refractivity contribution < 1.29 is 22.7 Å². The van der Waals surface area contributed by atoms with Gasteiger partial charge in [0.15, 0.2) is 12.2 Å². The van der Waals surface area contributed by atoms with Crippen LogP contribution in [-0.2, 0) is 17.8 Å². The summed E-state index contributed by atoms with van der Waals surface area (Å²) >= 11 is -0.0154. The fourth-order valence-electron chi connectivity index (χ4n) is 0.969. The zero-order valence-corrected chi connectivity index (χ0v) is 12.0. The Bertz CT molecular complexity index is 285. The van der Waals surface area contributed by atoms with Gasteiger partial charge in [0.25, 0.3) is 0 Å². The van der Waals surface area contributed by atoms with Gasteiger partial charge >= 0.3 is 7.82 Å².